The molecule has 0 saturated heterocycles. The summed E-state index contributed by atoms with van der Waals surface area (Å²) in [6.07, 6.45) is 3.70. The molecule has 1 N–H and O–H groups in total. The first-order valence-electron chi connectivity index (χ1n) is 5.80. The zero-order valence-corrected chi connectivity index (χ0v) is 9.90. The van der Waals surface area contributed by atoms with Gasteiger partial charge in [0.05, 0.1) is 7.11 Å². The summed E-state index contributed by atoms with van der Waals surface area (Å²) >= 11 is 0. The Morgan fingerprint density at radius 1 is 1.19 bits per heavy atom. The minimum absolute atomic E-state index is 0.314. The van der Waals surface area contributed by atoms with Crippen LogP contribution in [-0.4, -0.2) is 26.3 Å². The van der Waals surface area contributed by atoms with Gasteiger partial charge in [0.25, 0.3) is 0 Å². The number of hydrogen-bond donors (Lipinski definition) is 1. The summed E-state index contributed by atoms with van der Waals surface area (Å²) < 4.78 is 11.2. The quantitative estimate of drug-likeness (QED) is 0.845. The highest BCUT2D eigenvalue weighted by Crippen LogP contribution is 2.30. The van der Waals surface area contributed by atoms with Gasteiger partial charge < -0.3 is 14.8 Å². The number of hydrogen-bond acceptors (Lipinski definition) is 3. The molecule has 0 spiro atoms. The molecule has 1 saturated carbocycles. The standard InChI is InChI=1S/C13H19NO2/c1-14-10-7-8-11(9-10)16-13-6-4-3-5-12(13)15-2/h3-6,10-11,14H,7-9H2,1-2H3. The molecule has 0 amide bonds. The Balaban J connectivity index is 1.99. The summed E-state index contributed by atoms with van der Waals surface area (Å²) in [6, 6.07) is 8.42. The van der Waals surface area contributed by atoms with Gasteiger partial charge in [0.2, 0.25) is 0 Å². The second-order valence-corrected chi connectivity index (χ2v) is 4.19. The van der Waals surface area contributed by atoms with Crippen LogP contribution in [0.5, 0.6) is 11.5 Å². The Hall–Kier alpha value is -1.22. The molecule has 1 aromatic carbocycles. The highest BCUT2D eigenvalue weighted by atomic mass is 16.5. The SMILES string of the molecule is CNC1CCC(Oc2ccccc2OC)C1. The Morgan fingerprint density at radius 2 is 1.94 bits per heavy atom. The fourth-order valence-electron chi connectivity index (χ4n) is 2.21. The smallest absolute Gasteiger partial charge is 0.161 e. The van der Waals surface area contributed by atoms with E-state index in [1.165, 1.54) is 6.42 Å². The maximum absolute atomic E-state index is 5.96. The predicted octanol–water partition coefficient (Wildman–Crippen LogP) is 2.21. The van der Waals surface area contributed by atoms with E-state index in [0.29, 0.717) is 12.1 Å². The lowest BCUT2D eigenvalue weighted by Crippen LogP contribution is -2.23. The van der Waals surface area contributed by atoms with Gasteiger partial charge in [-0.3, -0.25) is 0 Å². The van der Waals surface area contributed by atoms with E-state index in [4.69, 9.17) is 9.47 Å². The normalized spacial score (nSPS) is 24.4. The van der Waals surface area contributed by atoms with Gasteiger partial charge in [-0.2, -0.15) is 0 Å². The van der Waals surface area contributed by atoms with Gasteiger partial charge in [0.1, 0.15) is 6.10 Å². The maximum atomic E-state index is 5.96. The molecular formula is C13H19NO2. The van der Waals surface area contributed by atoms with E-state index in [1.54, 1.807) is 7.11 Å². The van der Waals surface area contributed by atoms with Crippen molar-refractivity contribution in [3.8, 4) is 11.5 Å². The molecule has 16 heavy (non-hydrogen) atoms. The average Bonchev–Trinajstić information content (AvgIpc) is 2.77. The van der Waals surface area contributed by atoms with E-state index in [0.717, 1.165) is 24.3 Å². The van der Waals surface area contributed by atoms with Gasteiger partial charge in [-0.25, -0.2) is 0 Å². The maximum Gasteiger partial charge on any atom is 0.161 e. The molecule has 2 unspecified atom stereocenters. The van der Waals surface area contributed by atoms with Crippen LogP contribution in [0.2, 0.25) is 0 Å². The van der Waals surface area contributed by atoms with Crippen molar-refractivity contribution in [3.63, 3.8) is 0 Å². The molecular weight excluding hydrogens is 202 g/mol. The summed E-state index contributed by atoms with van der Waals surface area (Å²) in [5.41, 5.74) is 0. The van der Waals surface area contributed by atoms with Crippen LogP contribution >= 0.6 is 0 Å². The molecule has 3 nitrogen and oxygen atoms in total. The van der Waals surface area contributed by atoms with Crippen molar-refractivity contribution in [1.29, 1.82) is 0 Å². The van der Waals surface area contributed by atoms with Crippen LogP contribution < -0.4 is 14.8 Å². The third-order valence-electron chi connectivity index (χ3n) is 3.16. The van der Waals surface area contributed by atoms with E-state index >= 15 is 0 Å². The predicted molar refractivity (Wildman–Crippen MR) is 64.1 cm³/mol. The van der Waals surface area contributed by atoms with Gasteiger partial charge in [0, 0.05) is 6.04 Å². The fraction of sp³-hybridized carbons (Fsp3) is 0.538. The molecule has 3 heteroatoms. The van der Waals surface area contributed by atoms with Crippen molar-refractivity contribution in [2.45, 2.75) is 31.4 Å². The molecule has 1 aromatic rings. The highest BCUT2D eigenvalue weighted by molar-refractivity contribution is 5.39. The molecule has 0 radical (unpaired) electrons. The minimum Gasteiger partial charge on any atom is -0.493 e. The van der Waals surface area contributed by atoms with Gasteiger partial charge in [-0.15, -0.1) is 0 Å². The molecule has 2 atom stereocenters. The number of methoxy groups -OCH3 is 1. The lowest BCUT2D eigenvalue weighted by atomic mass is 10.2. The van der Waals surface area contributed by atoms with Crippen molar-refractivity contribution < 1.29 is 9.47 Å². The third-order valence-corrected chi connectivity index (χ3v) is 3.16. The Kier molecular flexibility index (Phi) is 3.67. The Labute approximate surface area is 96.8 Å². The molecule has 0 aromatic heterocycles. The Bertz CT molecular complexity index is 340. The van der Waals surface area contributed by atoms with E-state index in [1.807, 2.05) is 31.3 Å². The lowest BCUT2D eigenvalue weighted by Gasteiger charge is -2.16. The number of ether oxygens (including phenoxy) is 2. The second kappa shape index (κ2) is 5.21. The lowest BCUT2D eigenvalue weighted by molar-refractivity contribution is 0.198. The molecule has 1 aliphatic carbocycles. The number of para-hydroxylation sites is 2. The van der Waals surface area contributed by atoms with Crippen LogP contribution in [0, 0.1) is 0 Å². The number of benzene rings is 1. The van der Waals surface area contributed by atoms with Crippen LogP contribution in [0.25, 0.3) is 0 Å². The molecule has 1 fully saturated rings. The van der Waals surface area contributed by atoms with Crippen molar-refractivity contribution >= 4 is 0 Å². The van der Waals surface area contributed by atoms with Gasteiger partial charge >= 0.3 is 0 Å². The third kappa shape index (κ3) is 2.47. The van der Waals surface area contributed by atoms with Gasteiger partial charge in [0.15, 0.2) is 11.5 Å². The van der Waals surface area contributed by atoms with E-state index in [9.17, 15) is 0 Å². The van der Waals surface area contributed by atoms with Crippen LogP contribution in [0.3, 0.4) is 0 Å². The minimum atomic E-state index is 0.314. The summed E-state index contributed by atoms with van der Waals surface area (Å²) in [6.45, 7) is 0. The Morgan fingerprint density at radius 3 is 2.56 bits per heavy atom. The first-order chi connectivity index (χ1) is 7.83. The number of nitrogens with one attached hydrogen (secondary N) is 1. The highest BCUT2D eigenvalue weighted by Gasteiger charge is 2.25. The van der Waals surface area contributed by atoms with Crippen LogP contribution in [0.4, 0.5) is 0 Å². The molecule has 2 rings (SSSR count). The van der Waals surface area contributed by atoms with Crippen molar-refractivity contribution in [1.82, 2.24) is 5.32 Å². The van der Waals surface area contributed by atoms with E-state index in [-0.39, 0.29) is 0 Å². The first-order valence-corrected chi connectivity index (χ1v) is 5.80. The van der Waals surface area contributed by atoms with Gasteiger partial charge in [-0.1, -0.05) is 12.1 Å². The first kappa shape index (κ1) is 11.3. The summed E-state index contributed by atoms with van der Waals surface area (Å²) in [5, 5.41) is 3.30. The molecule has 88 valence electrons. The zero-order chi connectivity index (χ0) is 11.4. The average molecular weight is 221 g/mol. The molecule has 0 aliphatic heterocycles. The summed E-state index contributed by atoms with van der Waals surface area (Å²) in [7, 11) is 3.68. The summed E-state index contributed by atoms with van der Waals surface area (Å²) in [5.74, 6) is 1.67. The van der Waals surface area contributed by atoms with Crippen LogP contribution in [-0.2, 0) is 0 Å². The van der Waals surface area contributed by atoms with Crippen molar-refractivity contribution in [3.05, 3.63) is 24.3 Å². The summed E-state index contributed by atoms with van der Waals surface area (Å²) in [4.78, 5) is 0. The second-order valence-electron chi connectivity index (χ2n) is 4.19. The molecule has 0 heterocycles. The van der Waals surface area contributed by atoms with Crippen LogP contribution in [0.1, 0.15) is 19.3 Å². The van der Waals surface area contributed by atoms with E-state index in [2.05, 4.69) is 5.32 Å². The van der Waals surface area contributed by atoms with Crippen molar-refractivity contribution in [2.75, 3.05) is 14.2 Å². The monoisotopic (exact) mass is 221 g/mol. The van der Waals surface area contributed by atoms with Gasteiger partial charge in [-0.05, 0) is 38.4 Å². The largest absolute Gasteiger partial charge is 0.493 e. The van der Waals surface area contributed by atoms with Crippen LogP contribution in [0.15, 0.2) is 24.3 Å². The van der Waals surface area contributed by atoms with E-state index < -0.39 is 0 Å². The molecule has 0 bridgehead atoms. The topological polar surface area (TPSA) is 30.5 Å². The van der Waals surface area contributed by atoms with Crippen molar-refractivity contribution in [2.24, 2.45) is 0 Å². The fourth-order valence-corrected chi connectivity index (χ4v) is 2.21. The zero-order valence-electron chi connectivity index (χ0n) is 9.90. The number of rotatable bonds is 4. The molecule has 1 aliphatic rings.